The largest absolute Gasteiger partial charge is 0.103 e. The molecule has 0 atom stereocenters. The molecule has 111 heavy (non-hydrogen) atoms. The molecule has 0 aromatic rings. The van der Waals surface area contributed by atoms with Crippen LogP contribution in [-0.2, 0) is 0 Å². The van der Waals surface area contributed by atoms with Crippen molar-refractivity contribution in [1.82, 2.24) is 0 Å². The van der Waals surface area contributed by atoms with Crippen molar-refractivity contribution >= 4 is 0 Å². The Morgan fingerprint density at radius 3 is 0.523 bits per heavy atom. The van der Waals surface area contributed by atoms with Crippen LogP contribution in [-0.4, -0.2) is 0 Å². The van der Waals surface area contributed by atoms with Crippen LogP contribution in [0.15, 0.2) is 73.9 Å². The molecule has 0 aliphatic heterocycles. The summed E-state index contributed by atoms with van der Waals surface area (Å²) in [5.41, 5.74) is 0. The Balaban J connectivity index is 0.000000185. The second-order valence-electron chi connectivity index (χ2n) is 41.8. The second-order valence-corrected chi connectivity index (χ2v) is 41.8. The highest BCUT2D eigenvalue weighted by atomic mass is 14.4. The fourth-order valence-corrected chi connectivity index (χ4v) is 26.6. The van der Waals surface area contributed by atoms with Gasteiger partial charge in [-0.1, -0.05) is 289 Å². The lowest BCUT2D eigenvalue weighted by atomic mass is 9.68. The van der Waals surface area contributed by atoms with Crippen LogP contribution in [0.5, 0.6) is 0 Å². The Morgan fingerprint density at radius 2 is 0.351 bits per heavy atom. The third kappa shape index (κ3) is 37.3. The van der Waals surface area contributed by atoms with Crippen molar-refractivity contribution in [2.75, 3.05) is 0 Å². The van der Waals surface area contributed by atoms with Crippen molar-refractivity contribution in [1.29, 1.82) is 0 Å². The SMILES string of the molecule is C/C=C/C1CCC(C2CCC(CC)CC2)CC1.C/C=C/C1CCC(C2CCC(CCC)CC2)CC1.C/C=C/C1CCC(C2CCC(CCCC)CC2)CC1.C/C=C/C1CCC(C2CCC(CCCCC)CC2)CC1.C=CC1CCC(C2CCC(CCCC)CC2)CC1.C=CC1CCC(C2CCC(CCCCC)CC2)CC1. The predicted octanol–water partition coefficient (Wildman–Crippen LogP) is 37.0. The Bertz CT molecular complexity index is 2280. The first-order valence-electron chi connectivity index (χ1n) is 52.2. The van der Waals surface area contributed by atoms with Crippen molar-refractivity contribution in [3.8, 4) is 0 Å². The number of hydrogen-bond donors (Lipinski definition) is 0. The van der Waals surface area contributed by atoms with Gasteiger partial charge in [-0.05, 0) is 401 Å². The third-order valence-electron chi connectivity index (χ3n) is 34.4. The molecule has 0 N–H and O–H groups in total. The molecule has 12 aliphatic carbocycles. The molecular weight excluding hydrogens is 1330 g/mol. The predicted molar refractivity (Wildman–Crippen MR) is 498 cm³/mol. The van der Waals surface area contributed by atoms with Gasteiger partial charge in [0.25, 0.3) is 0 Å². The molecule has 0 heterocycles. The van der Waals surface area contributed by atoms with Crippen LogP contribution in [0.4, 0.5) is 0 Å². The van der Waals surface area contributed by atoms with Crippen LogP contribution in [0.3, 0.4) is 0 Å². The zero-order valence-electron chi connectivity index (χ0n) is 77.0. The number of hydrogen-bond acceptors (Lipinski definition) is 0. The van der Waals surface area contributed by atoms with Gasteiger partial charge < -0.3 is 0 Å². The molecule has 0 aromatic carbocycles. The summed E-state index contributed by atoms with van der Waals surface area (Å²) in [5, 5.41) is 0. The Kier molecular flexibility index (Phi) is 51.5. The number of rotatable bonds is 29. The van der Waals surface area contributed by atoms with Gasteiger partial charge >= 0.3 is 0 Å². The maximum atomic E-state index is 3.97. The standard InChI is InChI=1S/C20H36.2C19H34.2C18H32.C17H30/c1-3-5-6-8-18-11-15-20(16-12-18)19-13-9-17(7-4-2)10-14-19;1-3-5-6-7-17-10-14-19(15-11-17)18-12-8-16(4-2)9-13-18;1-3-5-7-17-10-14-19(15-11-17)18-12-8-16(6-4-2)9-13-18;1-3-5-6-16-9-13-18(14-10-16)17-11-7-15(4-2)8-12-17;1-3-5-15-7-11-17(12-8-15)18-13-9-16(6-4-2)10-14-18;1-3-5-15-8-12-17(13-9-15)16-10-6-14(4-2)7-11-16/h4,7,17-20H,3,5-6,8-16H2,1-2H3;4,16-19H,2-3,5-15H2,1H3;4,6,16-19H,3,5,7-15H2,1-2H3;4,15-18H,2-3,5-14H2,1H3;3,5,15-18H,4,6-14H2,1-2H3;3,5,14-17H,4,6-13H2,1-2H3/b7-4+;;6-4+;;2*5-3+. The highest BCUT2D eigenvalue weighted by Gasteiger charge is 2.37. The molecule has 12 aliphatic rings. The van der Waals surface area contributed by atoms with Crippen molar-refractivity contribution in [3.05, 3.63) is 73.9 Å². The van der Waals surface area contributed by atoms with E-state index >= 15 is 0 Å². The summed E-state index contributed by atoms with van der Waals surface area (Å²) >= 11 is 0. The minimum absolute atomic E-state index is 0.835. The summed E-state index contributed by atoms with van der Waals surface area (Å²) in [4.78, 5) is 0. The van der Waals surface area contributed by atoms with Gasteiger partial charge in [0.05, 0.1) is 0 Å². The number of unbranched alkanes of at least 4 members (excludes halogenated alkanes) is 6. The van der Waals surface area contributed by atoms with Gasteiger partial charge in [0.1, 0.15) is 0 Å². The van der Waals surface area contributed by atoms with Crippen molar-refractivity contribution in [2.24, 2.45) is 142 Å². The van der Waals surface area contributed by atoms with E-state index in [4.69, 9.17) is 0 Å². The summed E-state index contributed by atoms with van der Waals surface area (Å²) in [7, 11) is 0. The monoisotopic (exact) mass is 1530 g/mol. The van der Waals surface area contributed by atoms with Gasteiger partial charge in [-0.15, -0.1) is 13.2 Å². The van der Waals surface area contributed by atoms with E-state index in [9.17, 15) is 0 Å². The van der Waals surface area contributed by atoms with E-state index < -0.39 is 0 Å². The van der Waals surface area contributed by atoms with Gasteiger partial charge in [0.15, 0.2) is 0 Å². The molecule has 642 valence electrons. The highest BCUT2D eigenvalue weighted by Crippen LogP contribution is 2.49. The zero-order valence-corrected chi connectivity index (χ0v) is 77.0. The minimum atomic E-state index is 0.835. The zero-order chi connectivity index (χ0) is 78.9. The molecule has 0 nitrogen and oxygen atoms in total. The van der Waals surface area contributed by atoms with Crippen LogP contribution < -0.4 is 0 Å². The lowest BCUT2D eigenvalue weighted by molar-refractivity contribution is 0.151. The van der Waals surface area contributed by atoms with Crippen molar-refractivity contribution in [2.45, 2.75) is 487 Å². The molecule has 0 heteroatoms. The maximum absolute atomic E-state index is 3.97. The molecule has 0 unspecified atom stereocenters. The lowest BCUT2D eigenvalue weighted by Crippen LogP contribution is -2.25. The molecule has 0 radical (unpaired) electrons. The molecule has 12 saturated carbocycles. The van der Waals surface area contributed by atoms with E-state index in [1.807, 2.05) is 0 Å². The minimum Gasteiger partial charge on any atom is -0.103 e. The maximum Gasteiger partial charge on any atom is -0.0233 e. The highest BCUT2D eigenvalue weighted by molar-refractivity contribution is 4.96. The first-order valence-corrected chi connectivity index (χ1v) is 52.2. The lowest BCUT2D eigenvalue weighted by Gasteiger charge is -2.37. The van der Waals surface area contributed by atoms with Crippen molar-refractivity contribution < 1.29 is 0 Å². The molecule has 0 bridgehead atoms. The van der Waals surface area contributed by atoms with Gasteiger partial charge in [0.2, 0.25) is 0 Å². The van der Waals surface area contributed by atoms with Crippen LogP contribution in [0, 0.1) is 142 Å². The number of allylic oxidation sites excluding steroid dienone is 10. The summed E-state index contributed by atoms with van der Waals surface area (Å²) in [6, 6.07) is 0. The smallest absolute Gasteiger partial charge is 0.0233 e. The van der Waals surface area contributed by atoms with Gasteiger partial charge in [-0.25, -0.2) is 0 Å². The first kappa shape index (κ1) is 96.6. The van der Waals surface area contributed by atoms with E-state index in [1.165, 1.54) is 340 Å². The van der Waals surface area contributed by atoms with E-state index in [0.717, 1.165) is 142 Å². The summed E-state index contributed by atoms with van der Waals surface area (Å²) in [5.74, 6) is 24.7. The first-order chi connectivity index (χ1) is 54.5. The topological polar surface area (TPSA) is 0 Å². The van der Waals surface area contributed by atoms with Gasteiger partial charge in [-0.2, -0.15) is 0 Å². The molecule has 12 rings (SSSR count). The fourth-order valence-electron chi connectivity index (χ4n) is 26.6. The Hall–Kier alpha value is -1.56. The van der Waals surface area contributed by atoms with Gasteiger partial charge in [-0.3, -0.25) is 0 Å². The van der Waals surface area contributed by atoms with Crippen LogP contribution in [0.25, 0.3) is 0 Å². The summed E-state index contributed by atoms with van der Waals surface area (Å²) < 4.78 is 0. The fraction of sp³-hybridized carbons (Fsp3) is 0.892. The quantitative estimate of drug-likeness (QED) is 0.0517. The molecule has 12 fully saturated rings. The molecular formula is C111H198. The summed E-state index contributed by atoms with van der Waals surface area (Å²) in [6.45, 7) is 30.6. The molecule has 0 saturated heterocycles. The van der Waals surface area contributed by atoms with E-state index in [0.29, 0.717) is 0 Å². The van der Waals surface area contributed by atoms with Crippen molar-refractivity contribution in [3.63, 3.8) is 0 Å². The van der Waals surface area contributed by atoms with Gasteiger partial charge in [0, 0.05) is 0 Å². The van der Waals surface area contributed by atoms with Crippen LogP contribution in [0.1, 0.15) is 487 Å². The molecule has 0 amide bonds. The van der Waals surface area contributed by atoms with Crippen LogP contribution >= 0.6 is 0 Å². The third-order valence-corrected chi connectivity index (χ3v) is 34.4. The average Bonchev–Trinajstić information content (AvgIpc) is 0.892. The van der Waals surface area contributed by atoms with Crippen LogP contribution in [0.2, 0.25) is 0 Å². The average molecular weight is 1530 g/mol. The van der Waals surface area contributed by atoms with E-state index in [2.05, 4.69) is 143 Å². The van der Waals surface area contributed by atoms with E-state index in [-0.39, 0.29) is 0 Å². The molecule has 0 aromatic heterocycles. The second kappa shape index (κ2) is 59.2. The molecule has 0 spiro atoms. The normalized spacial score (nSPS) is 37.2. The Labute approximate surface area is 698 Å². The summed E-state index contributed by atoms with van der Waals surface area (Å²) in [6.07, 6.45) is 120. The Morgan fingerprint density at radius 1 is 0.180 bits per heavy atom. The van der Waals surface area contributed by atoms with E-state index in [1.54, 1.807) is 77.0 Å².